The predicted octanol–water partition coefficient (Wildman–Crippen LogP) is 0.907. The number of carbonyl (C=O) groups is 1. The van der Waals surface area contributed by atoms with Crippen LogP contribution in [0.25, 0.3) is 0 Å². The Kier molecular flexibility index (Phi) is 3.49. The molecule has 1 aromatic rings. The second kappa shape index (κ2) is 4.46. The molecule has 0 aliphatic rings. The third-order valence-corrected chi connectivity index (χ3v) is 2.75. The molecule has 0 unspecified atom stereocenters. The minimum Gasteiger partial charge on any atom is -0.465 e. The first-order chi connectivity index (χ1) is 7.04. The number of hydrogen-bond donors (Lipinski definition) is 2. The van der Waals surface area contributed by atoms with E-state index in [9.17, 15) is 4.79 Å². The van der Waals surface area contributed by atoms with Crippen molar-refractivity contribution < 1.29 is 14.7 Å². The first kappa shape index (κ1) is 11.7. The number of carbonyl (C=O) groups excluding carboxylic acids is 1. The van der Waals surface area contributed by atoms with E-state index in [-0.39, 0.29) is 12.5 Å². The van der Waals surface area contributed by atoms with Crippen LogP contribution < -0.4 is 5.48 Å². The average molecular weight is 212 g/mol. The predicted molar refractivity (Wildman–Crippen MR) is 54.9 cm³/mol. The molecule has 2 N–H and O–H groups in total. The molecule has 0 fully saturated rings. The van der Waals surface area contributed by atoms with E-state index in [1.165, 1.54) is 7.11 Å². The second-order valence-corrected chi connectivity index (χ2v) is 3.41. The van der Waals surface area contributed by atoms with Gasteiger partial charge in [-0.15, -0.1) is 0 Å². The van der Waals surface area contributed by atoms with Crippen molar-refractivity contribution >= 4 is 5.97 Å². The maximum Gasteiger partial charge on any atom is 0.340 e. The van der Waals surface area contributed by atoms with Gasteiger partial charge in [0, 0.05) is 30.5 Å². The molecular formula is C10H16N2O3. The van der Waals surface area contributed by atoms with Crippen molar-refractivity contribution in [2.75, 3.05) is 7.11 Å². The molecule has 1 rings (SSSR count). The van der Waals surface area contributed by atoms with Crippen LogP contribution in [0.5, 0.6) is 0 Å². The molecule has 15 heavy (non-hydrogen) atoms. The Bertz CT molecular complexity index is 383. The summed E-state index contributed by atoms with van der Waals surface area (Å²) >= 11 is 0. The summed E-state index contributed by atoms with van der Waals surface area (Å²) in [6, 6.07) is 0. The summed E-state index contributed by atoms with van der Waals surface area (Å²) in [5.74, 6) is -0.374. The molecule has 0 saturated heterocycles. The molecule has 0 spiro atoms. The highest BCUT2D eigenvalue weighted by molar-refractivity contribution is 5.93. The van der Waals surface area contributed by atoms with Crippen LogP contribution in [0.1, 0.15) is 27.3 Å². The van der Waals surface area contributed by atoms with Crippen LogP contribution in [-0.4, -0.2) is 22.9 Å². The summed E-state index contributed by atoms with van der Waals surface area (Å²) in [4.78, 5) is 11.6. The molecule has 0 amide bonds. The van der Waals surface area contributed by atoms with E-state index >= 15 is 0 Å². The number of hydrogen-bond acceptors (Lipinski definition) is 4. The molecule has 0 aromatic carbocycles. The van der Waals surface area contributed by atoms with Crippen molar-refractivity contribution in [2.24, 2.45) is 7.05 Å². The SMILES string of the molecule is COC(=O)c1c(CNO)c(C)n(C)c1C. The molecule has 5 heteroatoms. The molecule has 0 atom stereocenters. The van der Waals surface area contributed by atoms with Crippen molar-refractivity contribution in [1.82, 2.24) is 10.0 Å². The Balaban J connectivity index is 3.33. The van der Waals surface area contributed by atoms with Gasteiger partial charge < -0.3 is 14.5 Å². The fourth-order valence-corrected chi connectivity index (χ4v) is 1.69. The van der Waals surface area contributed by atoms with Gasteiger partial charge in [0.15, 0.2) is 0 Å². The first-order valence-electron chi connectivity index (χ1n) is 4.64. The van der Waals surface area contributed by atoms with E-state index in [4.69, 9.17) is 9.94 Å². The van der Waals surface area contributed by atoms with Crippen molar-refractivity contribution in [1.29, 1.82) is 0 Å². The second-order valence-electron chi connectivity index (χ2n) is 3.41. The summed E-state index contributed by atoms with van der Waals surface area (Å²) in [5, 5.41) is 8.71. The lowest BCUT2D eigenvalue weighted by atomic mass is 10.1. The summed E-state index contributed by atoms with van der Waals surface area (Å²) in [6.07, 6.45) is 0. The van der Waals surface area contributed by atoms with E-state index in [0.29, 0.717) is 5.56 Å². The number of nitrogens with zero attached hydrogens (tertiary/aromatic N) is 1. The smallest absolute Gasteiger partial charge is 0.340 e. The van der Waals surface area contributed by atoms with Gasteiger partial charge in [0.25, 0.3) is 0 Å². The fourth-order valence-electron chi connectivity index (χ4n) is 1.69. The molecule has 0 aliphatic carbocycles. The monoisotopic (exact) mass is 212 g/mol. The van der Waals surface area contributed by atoms with Gasteiger partial charge in [0.2, 0.25) is 0 Å². The molecule has 1 aromatic heterocycles. The largest absolute Gasteiger partial charge is 0.465 e. The molecular weight excluding hydrogens is 196 g/mol. The van der Waals surface area contributed by atoms with E-state index in [1.54, 1.807) is 0 Å². The van der Waals surface area contributed by atoms with Gasteiger partial charge in [-0.25, -0.2) is 10.3 Å². The van der Waals surface area contributed by atoms with Crippen LogP contribution in [0.15, 0.2) is 0 Å². The Labute approximate surface area is 88.6 Å². The number of aromatic nitrogens is 1. The summed E-state index contributed by atoms with van der Waals surface area (Å²) in [5.41, 5.74) is 5.14. The number of rotatable bonds is 3. The van der Waals surface area contributed by atoms with E-state index in [1.807, 2.05) is 25.5 Å². The van der Waals surface area contributed by atoms with Crippen LogP contribution in [0, 0.1) is 13.8 Å². The quantitative estimate of drug-likeness (QED) is 0.577. The lowest BCUT2D eigenvalue weighted by Crippen LogP contribution is -2.12. The minimum atomic E-state index is -0.374. The fraction of sp³-hybridized carbons (Fsp3) is 0.500. The third-order valence-electron chi connectivity index (χ3n) is 2.75. The standard InChI is InChI=1S/C10H16N2O3/c1-6-8(5-11-14)9(10(13)15-4)7(2)12(6)3/h11,14H,5H2,1-4H3. The van der Waals surface area contributed by atoms with E-state index in [2.05, 4.69) is 5.48 Å². The number of esters is 1. The molecule has 0 aliphatic heterocycles. The van der Waals surface area contributed by atoms with Crippen LogP contribution in [0.3, 0.4) is 0 Å². The van der Waals surface area contributed by atoms with Gasteiger partial charge >= 0.3 is 5.97 Å². The Morgan fingerprint density at radius 3 is 2.53 bits per heavy atom. The normalized spacial score (nSPS) is 10.5. The van der Waals surface area contributed by atoms with Crippen molar-refractivity contribution in [3.8, 4) is 0 Å². The number of methoxy groups -OCH3 is 1. The topological polar surface area (TPSA) is 63.5 Å². The van der Waals surface area contributed by atoms with Gasteiger partial charge in [-0.2, -0.15) is 0 Å². The zero-order valence-electron chi connectivity index (χ0n) is 9.42. The highest BCUT2D eigenvalue weighted by Gasteiger charge is 2.21. The molecule has 1 heterocycles. The maximum absolute atomic E-state index is 11.6. The zero-order chi connectivity index (χ0) is 11.6. The number of ether oxygens (including phenoxy) is 1. The first-order valence-corrected chi connectivity index (χ1v) is 4.64. The van der Waals surface area contributed by atoms with Gasteiger partial charge in [-0.3, -0.25) is 0 Å². The van der Waals surface area contributed by atoms with Gasteiger partial charge in [0.1, 0.15) is 0 Å². The van der Waals surface area contributed by atoms with Gasteiger partial charge in [-0.1, -0.05) is 0 Å². The average Bonchev–Trinajstić information content (AvgIpc) is 2.44. The van der Waals surface area contributed by atoms with Crippen molar-refractivity contribution in [3.05, 3.63) is 22.5 Å². The van der Waals surface area contributed by atoms with Crippen LogP contribution in [0.4, 0.5) is 0 Å². The lowest BCUT2D eigenvalue weighted by Gasteiger charge is -2.02. The molecule has 0 bridgehead atoms. The highest BCUT2D eigenvalue weighted by atomic mass is 16.5. The summed E-state index contributed by atoms with van der Waals surface area (Å²) in [7, 11) is 3.22. The zero-order valence-corrected chi connectivity index (χ0v) is 9.42. The molecule has 0 saturated carbocycles. The Morgan fingerprint density at radius 2 is 2.07 bits per heavy atom. The highest BCUT2D eigenvalue weighted by Crippen LogP contribution is 2.21. The van der Waals surface area contributed by atoms with Crippen molar-refractivity contribution in [2.45, 2.75) is 20.4 Å². The summed E-state index contributed by atoms with van der Waals surface area (Å²) < 4.78 is 6.61. The van der Waals surface area contributed by atoms with E-state index < -0.39 is 0 Å². The van der Waals surface area contributed by atoms with Crippen molar-refractivity contribution in [3.63, 3.8) is 0 Å². The Morgan fingerprint density at radius 1 is 1.47 bits per heavy atom. The van der Waals surface area contributed by atoms with E-state index in [0.717, 1.165) is 17.0 Å². The summed E-state index contributed by atoms with van der Waals surface area (Å²) in [6.45, 7) is 3.98. The van der Waals surface area contributed by atoms with Crippen LogP contribution in [-0.2, 0) is 18.3 Å². The van der Waals surface area contributed by atoms with Crippen LogP contribution in [0.2, 0.25) is 0 Å². The molecule has 5 nitrogen and oxygen atoms in total. The number of nitrogens with one attached hydrogen (secondary N) is 1. The lowest BCUT2D eigenvalue weighted by molar-refractivity contribution is 0.0597. The Hall–Kier alpha value is -1.33. The molecule has 0 radical (unpaired) electrons. The minimum absolute atomic E-state index is 0.234. The van der Waals surface area contributed by atoms with Gasteiger partial charge in [0.05, 0.1) is 12.7 Å². The van der Waals surface area contributed by atoms with Crippen LogP contribution >= 0.6 is 0 Å². The molecule has 84 valence electrons. The maximum atomic E-state index is 11.6. The third kappa shape index (κ3) is 1.88. The van der Waals surface area contributed by atoms with Gasteiger partial charge in [-0.05, 0) is 13.8 Å². The number of hydroxylamine groups is 1.